The van der Waals surface area contributed by atoms with Gasteiger partial charge in [0.15, 0.2) is 10.4 Å². The molecule has 0 atom stereocenters. The predicted octanol–water partition coefficient (Wildman–Crippen LogP) is 4.24. The van der Waals surface area contributed by atoms with E-state index in [0.717, 1.165) is 28.8 Å². The molecule has 1 saturated carbocycles. The van der Waals surface area contributed by atoms with Crippen LogP contribution in [0.3, 0.4) is 0 Å². The Morgan fingerprint density at radius 3 is 2.70 bits per heavy atom. The van der Waals surface area contributed by atoms with Crippen molar-refractivity contribution in [3.05, 3.63) is 16.9 Å². The fraction of sp³-hybridized carbons (Fsp3) is 0.600. The lowest BCUT2D eigenvalue weighted by molar-refractivity contribution is 0.194. The molecule has 0 amide bonds. The minimum atomic E-state index is 0.448. The summed E-state index contributed by atoms with van der Waals surface area (Å²) in [4.78, 5) is 7.82. The van der Waals surface area contributed by atoms with E-state index in [0.29, 0.717) is 17.3 Å². The number of fused-ring (bicyclic) bond motifs is 1. The van der Waals surface area contributed by atoms with Crippen molar-refractivity contribution in [2.45, 2.75) is 45.6 Å². The molecule has 5 heteroatoms. The molecule has 0 radical (unpaired) electrons. The van der Waals surface area contributed by atoms with Gasteiger partial charge in [0.1, 0.15) is 0 Å². The zero-order chi connectivity index (χ0) is 14.3. The first-order valence-corrected chi connectivity index (χ1v) is 7.56. The van der Waals surface area contributed by atoms with Gasteiger partial charge in [0.25, 0.3) is 0 Å². The first kappa shape index (κ1) is 13.6. The van der Waals surface area contributed by atoms with Crippen molar-refractivity contribution < 1.29 is 4.74 Å². The van der Waals surface area contributed by atoms with Gasteiger partial charge < -0.3 is 9.72 Å². The van der Waals surface area contributed by atoms with Crippen molar-refractivity contribution >= 4 is 23.4 Å². The molecule has 0 bridgehead atoms. The van der Waals surface area contributed by atoms with Gasteiger partial charge in [-0.25, -0.2) is 0 Å². The van der Waals surface area contributed by atoms with Crippen LogP contribution in [0.25, 0.3) is 11.2 Å². The number of imidazole rings is 1. The number of hydrogen-bond donors (Lipinski definition) is 1. The fourth-order valence-electron chi connectivity index (χ4n) is 3.08. The summed E-state index contributed by atoms with van der Waals surface area (Å²) in [6, 6.07) is 4.30. The molecule has 3 rings (SSSR count). The van der Waals surface area contributed by atoms with E-state index in [1.165, 1.54) is 12.8 Å². The Morgan fingerprint density at radius 2 is 2.05 bits per heavy atom. The zero-order valence-electron chi connectivity index (χ0n) is 12.3. The highest BCUT2D eigenvalue weighted by Gasteiger charge is 2.29. The number of ether oxygens (including phenoxy) is 1. The molecular formula is C15H21N3OS. The lowest BCUT2D eigenvalue weighted by atomic mass is 9.75. The molecule has 0 saturated heterocycles. The van der Waals surface area contributed by atoms with Gasteiger partial charge in [0.2, 0.25) is 5.88 Å². The maximum absolute atomic E-state index is 5.50. The number of H-pyrrole nitrogens is 1. The highest BCUT2D eigenvalue weighted by Crippen LogP contribution is 2.41. The van der Waals surface area contributed by atoms with Crippen molar-refractivity contribution in [1.29, 1.82) is 0 Å². The molecule has 1 aliphatic rings. The number of aromatic nitrogens is 3. The summed E-state index contributed by atoms with van der Waals surface area (Å²) in [5, 5.41) is 0. The van der Waals surface area contributed by atoms with Crippen LogP contribution in [0, 0.1) is 10.2 Å². The Labute approximate surface area is 124 Å². The first-order chi connectivity index (χ1) is 9.50. The van der Waals surface area contributed by atoms with Crippen LogP contribution in [0.1, 0.15) is 45.6 Å². The van der Waals surface area contributed by atoms with E-state index in [4.69, 9.17) is 17.0 Å². The third-order valence-electron chi connectivity index (χ3n) is 4.42. The largest absolute Gasteiger partial charge is 0.481 e. The number of rotatable bonds is 2. The van der Waals surface area contributed by atoms with E-state index in [1.807, 2.05) is 12.1 Å². The molecule has 2 aromatic rings. The summed E-state index contributed by atoms with van der Waals surface area (Å²) >= 11 is 5.50. The Bertz CT molecular complexity index is 676. The van der Waals surface area contributed by atoms with Crippen LogP contribution in [0.2, 0.25) is 0 Å². The van der Waals surface area contributed by atoms with E-state index in [-0.39, 0.29) is 0 Å². The summed E-state index contributed by atoms with van der Waals surface area (Å²) in [5.41, 5.74) is 2.36. The second kappa shape index (κ2) is 4.88. The average Bonchev–Trinajstić information content (AvgIpc) is 2.74. The Hall–Kier alpha value is -1.36. The van der Waals surface area contributed by atoms with Crippen molar-refractivity contribution in [3.8, 4) is 5.88 Å². The molecule has 0 aliphatic heterocycles. The summed E-state index contributed by atoms with van der Waals surface area (Å²) in [5.74, 6) is 0.636. The maximum Gasteiger partial charge on any atom is 0.215 e. The summed E-state index contributed by atoms with van der Waals surface area (Å²) in [7, 11) is 1.64. The van der Waals surface area contributed by atoms with E-state index < -0.39 is 0 Å². The van der Waals surface area contributed by atoms with E-state index in [1.54, 1.807) is 7.11 Å². The lowest BCUT2D eigenvalue weighted by Gasteiger charge is -2.34. The molecule has 0 unspecified atom stereocenters. The van der Waals surface area contributed by atoms with Crippen molar-refractivity contribution in [3.63, 3.8) is 0 Å². The number of nitrogens with one attached hydrogen (secondary N) is 1. The Balaban J connectivity index is 2.02. The minimum absolute atomic E-state index is 0.448. The molecular weight excluding hydrogens is 270 g/mol. The molecule has 1 N–H and O–H groups in total. The van der Waals surface area contributed by atoms with E-state index in [9.17, 15) is 0 Å². The van der Waals surface area contributed by atoms with Crippen LogP contribution in [0.4, 0.5) is 0 Å². The van der Waals surface area contributed by atoms with Crippen LogP contribution in [0.15, 0.2) is 12.1 Å². The fourth-order valence-corrected chi connectivity index (χ4v) is 3.42. The molecule has 20 heavy (non-hydrogen) atoms. The highest BCUT2D eigenvalue weighted by molar-refractivity contribution is 7.71. The third kappa shape index (κ3) is 2.35. The van der Waals surface area contributed by atoms with Gasteiger partial charge in [-0.1, -0.05) is 13.8 Å². The number of methoxy groups -OCH3 is 1. The number of hydrogen-bond acceptors (Lipinski definition) is 3. The average molecular weight is 291 g/mol. The lowest BCUT2D eigenvalue weighted by Crippen LogP contribution is -2.23. The van der Waals surface area contributed by atoms with E-state index >= 15 is 0 Å². The van der Waals surface area contributed by atoms with Gasteiger partial charge in [-0.05, 0) is 49.4 Å². The van der Waals surface area contributed by atoms with Crippen LogP contribution in [-0.4, -0.2) is 21.6 Å². The van der Waals surface area contributed by atoms with Crippen LogP contribution in [0.5, 0.6) is 5.88 Å². The number of nitrogens with zero attached hydrogens (tertiary/aromatic N) is 2. The highest BCUT2D eigenvalue weighted by atomic mass is 32.1. The van der Waals surface area contributed by atoms with Crippen molar-refractivity contribution in [1.82, 2.24) is 14.5 Å². The van der Waals surface area contributed by atoms with Crippen molar-refractivity contribution in [2.75, 3.05) is 7.11 Å². The van der Waals surface area contributed by atoms with E-state index in [2.05, 4.69) is 28.4 Å². The molecule has 0 aromatic carbocycles. The molecule has 0 spiro atoms. The smallest absolute Gasteiger partial charge is 0.215 e. The molecule has 1 aliphatic carbocycles. The normalized spacial score (nSPS) is 19.4. The number of aromatic amines is 1. The Morgan fingerprint density at radius 1 is 1.35 bits per heavy atom. The molecule has 2 aromatic heterocycles. The molecule has 2 heterocycles. The Kier molecular flexibility index (Phi) is 3.32. The van der Waals surface area contributed by atoms with Crippen LogP contribution < -0.4 is 4.74 Å². The number of pyridine rings is 1. The van der Waals surface area contributed by atoms with Gasteiger partial charge >= 0.3 is 0 Å². The topological polar surface area (TPSA) is 42.8 Å². The SMILES string of the molecule is COc1ccc2[nH]c(=S)n(C3CCC(C)(C)CC3)c2n1. The second-order valence-electron chi connectivity index (χ2n) is 6.42. The second-order valence-corrected chi connectivity index (χ2v) is 6.81. The molecule has 4 nitrogen and oxygen atoms in total. The predicted molar refractivity (Wildman–Crippen MR) is 82.8 cm³/mol. The molecule has 1 fully saturated rings. The standard InChI is InChI=1S/C15H21N3OS/c1-15(2)8-6-10(7-9-15)18-13-11(16-14(18)20)4-5-12(17-13)19-3/h4-5,10H,6-9H2,1-3H3,(H,16,20). The summed E-state index contributed by atoms with van der Waals surface area (Å²) in [6.07, 6.45) is 4.78. The molecule has 108 valence electrons. The summed E-state index contributed by atoms with van der Waals surface area (Å²) < 4.78 is 8.19. The monoisotopic (exact) mass is 291 g/mol. The van der Waals surface area contributed by atoms with Crippen LogP contribution in [-0.2, 0) is 0 Å². The summed E-state index contributed by atoms with van der Waals surface area (Å²) in [6.45, 7) is 4.69. The van der Waals surface area contributed by atoms with Crippen molar-refractivity contribution in [2.24, 2.45) is 5.41 Å². The van der Waals surface area contributed by atoms with Gasteiger partial charge in [-0.3, -0.25) is 4.57 Å². The van der Waals surface area contributed by atoms with Gasteiger partial charge in [0.05, 0.1) is 12.6 Å². The zero-order valence-corrected chi connectivity index (χ0v) is 13.1. The minimum Gasteiger partial charge on any atom is -0.481 e. The first-order valence-electron chi connectivity index (χ1n) is 7.15. The van der Waals surface area contributed by atoms with Gasteiger partial charge in [0, 0.05) is 12.1 Å². The van der Waals surface area contributed by atoms with Gasteiger partial charge in [-0.2, -0.15) is 4.98 Å². The van der Waals surface area contributed by atoms with Gasteiger partial charge in [-0.15, -0.1) is 0 Å². The maximum atomic E-state index is 5.50. The van der Waals surface area contributed by atoms with Crippen LogP contribution >= 0.6 is 12.2 Å². The quantitative estimate of drug-likeness (QED) is 0.841. The third-order valence-corrected chi connectivity index (χ3v) is 4.72.